The summed E-state index contributed by atoms with van der Waals surface area (Å²) in [6.07, 6.45) is 1.85. The molecule has 1 aromatic carbocycles. The van der Waals surface area contributed by atoms with E-state index in [1.807, 2.05) is 37.4 Å². The van der Waals surface area contributed by atoms with E-state index in [9.17, 15) is 4.79 Å². The lowest BCUT2D eigenvalue weighted by molar-refractivity contribution is 0.0771. The number of nitrogens with one attached hydrogen (secondary N) is 1. The maximum absolute atomic E-state index is 12.3. The molecular weight excluding hydrogens is 214 g/mol. The number of para-hydroxylation sites is 1. The van der Waals surface area contributed by atoms with Gasteiger partial charge in [0, 0.05) is 31.2 Å². The van der Waals surface area contributed by atoms with Crippen LogP contribution in [0.5, 0.6) is 0 Å². The van der Waals surface area contributed by atoms with E-state index in [0.29, 0.717) is 25.2 Å². The molecule has 1 amide bonds. The van der Waals surface area contributed by atoms with Gasteiger partial charge in [-0.1, -0.05) is 12.1 Å². The summed E-state index contributed by atoms with van der Waals surface area (Å²) in [5.41, 5.74) is 7.12. The molecule has 2 rings (SSSR count). The van der Waals surface area contributed by atoms with Gasteiger partial charge in [0.05, 0.1) is 11.1 Å². The number of fused-ring (bicyclic) bond motifs is 1. The SMILES string of the molecule is CCN(CCN)C(=O)c1cccc2cc[nH]c12. The fraction of sp³-hybridized carbons (Fsp3) is 0.308. The zero-order chi connectivity index (χ0) is 12.3. The van der Waals surface area contributed by atoms with Crippen molar-refractivity contribution < 1.29 is 4.79 Å². The topological polar surface area (TPSA) is 62.1 Å². The number of benzene rings is 1. The van der Waals surface area contributed by atoms with E-state index in [2.05, 4.69) is 4.98 Å². The van der Waals surface area contributed by atoms with Crippen LogP contribution in [0.25, 0.3) is 10.9 Å². The molecule has 1 heterocycles. The molecule has 2 aromatic rings. The van der Waals surface area contributed by atoms with Crippen molar-refractivity contribution in [1.82, 2.24) is 9.88 Å². The molecule has 3 N–H and O–H groups in total. The number of likely N-dealkylation sites (N-methyl/N-ethyl adjacent to an activating group) is 1. The van der Waals surface area contributed by atoms with E-state index in [4.69, 9.17) is 5.73 Å². The monoisotopic (exact) mass is 231 g/mol. The number of nitrogens with zero attached hydrogens (tertiary/aromatic N) is 1. The molecule has 4 heteroatoms. The van der Waals surface area contributed by atoms with Gasteiger partial charge in [-0.2, -0.15) is 0 Å². The van der Waals surface area contributed by atoms with E-state index >= 15 is 0 Å². The molecule has 0 aliphatic heterocycles. The summed E-state index contributed by atoms with van der Waals surface area (Å²) >= 11 is 0. The lowest BCUT2D eigenvalue weighted by atomic mass is 10.1. The average Bonchev–Trinajstić information content (AvgIpc) is 2.83. The minimum absolute atomic E-state index is 0.0333. The highest BCUT2D eigenvalue weighted by molar-refractivity contribution is 6.05. The van der Waals surface area contributed by atoms with Crippen LogP contribution in [0, 0.1) is 0 Å². The lowest BCUT2D eigenvalue weighted by Gasteiger charge is -2.20. The van der Waals surface area contributed by atoms with Crippen LogP contribution in [0.1, 0.15) is 17.3 Å². The molecule has 0 saturated heterocycles. The minimum atomic E-state index is 0.0333. The summed E-state index contributed by atoms with van der Waals surface area (Å²) in [5, 5.41) is 1.06. The number of hydrogen-bond donors (Lipinski definition) is 2. The molecule has 1 aromatic heterocycles. The van der Waals surface area contributed by atoms with Gasteiger partial charge in [-0.15, -0.1) is 0 Å². The van der Waals surface area contributed by atoms with E-state index in [-0.39, 0.29) is 5.91 Å². The summed E-state index contributed by atoms with van der Waals surface area (Å²) in [4.78, 5) is 17.2. The first-order valence-corrected chi connectivity index (χ1v) is 5.83. The van der Waals surface area contributed by atoms with Crippen molar-refractivity contribution in [2.45, 2.75) is 6.92 Å². The highest BCUT2D eigenvalue weighted by Gasteiger charge is 2.16. The number of rotatable bonds is 4. The Morgan fingerprint density at radius 1 is 1.41 bits per heavy atom. The van der Waals surface area contributed by atoms with Crippen LogP contribution in [0.3, 0.4) is 0 Å². The van der Waals surface area contributed by atoms with Crippen LogP contribution >= 0.6 is 0 Å². The molecule has 0 fully saturated rings. The summed E-state index contributed by atoms with van der Waals surface area (Å²) in [5.74, 6) is 0.0333. The van der Waals surface area contributed by atoms with E-state index in [1.54, 1.807) is 4.90 Å². The molecule has 4 nitrogen and oxygen atoms in total. The number of amides is 1. The van der Waals surface area contributed by atoms with Gasteiger partial charge in [0.1, 0.15) is 0 Å². The largest absolute Gasteiger partial charge is 0.361 e. The third-order valence-electron chi connectivity index (χ3n) is 2.89. The minimum Gasteiger partial charge on any atom is -0.361 e. The first-order chi connectivity index (χ1) is 8.27. The zero-order valence-electron chi connectivity index (χ0n) is 9.94. The number of H-pyrrole nitrogens is 1. The van der Waals surface area contributed by atoms with Gasteiger partial charge in [-0.3, -0.25) is 4.79 Å². The summed E-state index contributed by atoms with van der Waals surface area (Å²) in [6, 6.07) is 7.70. The second kappa shape index (κ2) is 5.01. The molecule has 0 spiro atoms. The summed E-state index contributed by atoms with van der Waals surface area (Å²) in [7, 11) is 0. The van der Waals surface area contributed by atoms with E-state index < -0.39 is 0 Å². The fourth-order valence-electron chi connectivity index (χ4n) is 1.99. The van der Waals surface area contributed by atoms with Gasteiger partial charge < -0.3 is 15.6 Å². The van der Waals surface area contributed by atoms with Crippen LogP contribution < -0.4 is 5.73 Å². The smallest absolute Gasteiger partial charge is 0.256 e. The van der Waals surface area contributed by atoms with Crippen molar-refractivity contribution >= 4 is 16.8 Å². The Labute approximate surface area is 100 Å². The molecule has 0 aliphatic carbocycles. The van der Waals surface area contributed by atoms with Crippen molar-refractivity contribution in [2.75, 3.05) is 19.6 Å². The van der Waals surface area contributed by atoms with E-state index in [0.717, 1.165) is 10.9 Å². The van der Waals surface area contributed by atoms with Crippen molar-refractivity contribution in [3.63, 3.8) is 0 Å². The van der Waals surface area contributed by atoms with Gasteiger partial charge in [0.2, 0.25) is 0 Å². The van der Waals surface area contributed by atoms with E-state index in [1.165, 1.54) is 0 Å². The highest BCUT2D eigenvalue weighted by Crippen LogP contribution is 2.18. The number of hydrogen-bond acceptors (Lipinski definition) is 2. The fourth-order valence-corrected chi connectivity index (χ4v) is 1.99. The predicted molar refractivity (Wildman–Crippen MR) is 68.9 cm³/mol. The van der Waals surface area contributed by atoms with Crippen molar-refractivity contribution in [2.24, 2.45) is 5.73 Å². The Morgan fingerprint density at radius 2 is 2.24 bits per heavy atom. The molecule has 0 aliphatic rings. The average molecular weight is 231 g/mol. The van der Waals surface area contributed by atoms with Gasteiger partial charge in [0.25, 0.3) is 5.91 Å². The van der Waals surface area contributed by atoms with Gasteiger partial charge >= 0.3 is 0 Å². The second-order valence-corrected chi connectivity index (χ2v) is 3.92. The lowest BCUT2D eigenvalue weighted by Crippen LogP contribution is -2.35. The van der Waals surface area contributed by atoms with Gasteiger partial charge in [-0.05, 0) is 19.1 Å². The maximum Gasteiger partial charge on any atom is 0.256 e. The molecule has 0 atom stereocenters. The molecule has 0 saturated carbocycles. The Hall–Kier alpha value is -1.81. The normalized spacial score (nSPS) is 10.7. The quantitative estimate of drug-likeness (QED) is 0.839. The van der Waals surface area contributed by atoms with Crippen molar-refractivity contribution in [3.05, 3.63) is 36.0 Å². The summed E-state index contributed by atoms with van der Waals surface area (Å²) < 4.78 is 0. The number of carbonyl (C=O) groups excluding carboxylic acids is 1. The zero-order valence-corrected chi connectivity index (χ0v) is 9.94. The molecule has 0 bridgehead atoms. The third kappa shape index (κ3) is 2.17. The Bertz CT molecular complexity index is 518. The molecular formula is C13H17N3O. The van der Waals surface area contributed by atoms with Crippen LogP contribution in [0.15, 0.2) is 30.5 Å². The Kier molecular flexibility index (Phi) is 3.44. The summed E-state index contributed by atoms with van der Waals surface area (Å²) in [6.45, 7) is 3.71. The number of carbonyl (C=O) groups is 1. The first-order valence-electron chi connectivity index (χ1n) is 5.83. The van der Waals surface area contributed by atoms with Crippen LogP contribution in [0.4, 0.5) is 0 Å². The Balaban J connectivity index is 2.38. The van der Waals surface area contributed by atoms with Crippen molar-refractivity contribution in [1.29, 1.82) is 0 Å². The Morgan fingerprint density at radius 3 is 2.94 bits per heavy atom. The van der Waals surface area contributed by atoms with Crippen LogP contribution in [-0.4, -0.2) is 35.4 Å². The van der Waals surface area contributed by atoms with Crippen LogP contribution in [-0.2, 0) is 0 Å². The first kappa shape index (κ1) is 11.7. The van der Waals surface area contributed by atoms with Crippen LogP contribution in [0.2, 0.25) is 0 Å². The predicted octanol–water partition coefficient (Wildman–Crippen LogP) is 1.59. The number of aromatic amines is 1. The van der Waals surface area contributed by atoms with Crippen molar-refractivity contribution in [3.8, 4) is 0 Å². The molecule has 0 radical (unpaired) electrons. The molecule has 90 valence electrons. The van der Waals surface area contributed by atoms with Gasteiger partial charge in [0.15, 0.2) is 0 Å². The number of aromatic nitrogens is 1. The third-order valence-corrected chi connectivity index (χ3v) is 2.89. The number of nitrogens with two attached hydrogens (primary N) is 1. The van der Waals surface area contributed by atoms with Gasteiger partial charge in [-0.25, -0.2) is 0 Å². The highest BCUT2D eigenvalue weighted by atomic mass is 16.2. The standard InChI is InChI=1S/C13H17N3O/c1-2-16(9-7-14)13(17)11-5-3-4-10-6-8-15-12(10)11/h3-6,8,15H,2,7,9,14H2,1H3. The molecule has 0 unspecified atom stereocenters. The second-order valence-electron chi connectivity index (χ2n) is 3.92. The maximum atomic E-state index is 12.3. The molecule has 17 heavy (non-hydrogen) atoms.